The van der Waals surface area contributed by atoms with Crippen LogP contribution in [0.5, 0.6) is 5.88 Å². The van der Waals surface area contributed by atoms with Crippen molar-refractivity contribution in [2.45, 2.75) is 52.6 Å². The Morgan fingerprint density at radius 1 is 1.14 bits per heavy atom. The molecule has 0 spiro atoms. The van der Waals surface area contributed by atoms with Gasteiger partial charge >= 0.3 is 5.97 Å². The van der Waals surface area contributed by atoms with E-state index in [0.717, 1.165) is 0 Å². The van der Waals surface area contributed by atoms with Crippen LogP contribution in [0, 0.1) is 0 Å². The summed E-state index contributed by atoms with van der Waals surface area (Å²) in [6.07, 6.45) is 0. The Morgan fingerprint density at radius 2 is 1.76 bits per heavy atom. The zero-order valence-electron chi connectivity index (χ0n) is 13.7. The van der Waals surface area contributed by atoms with E-state index < -0.39 is 5.97 Å². The smallest absolute Gasteiger partial charge is 0.335 e. The van der Waals surface area contributed by atoms with Crippen LogP contribution in [0.4, 0.5) is 0 Å². The van der Waals surface area contributed by atoms with E-state index in [1.54, 1.807) is 6.07 Å². The maximum Gasteiger partial charge on any atom is 0.335 e. The average Bonchev–Trinajstić information content (AvgIpc) is 2.32. The first-order valence-electron chi connectivity index (χ1n) is 7.02. The third-order valence-electron chi connectivity index (χ3n) is 2.69. The van der Waals surface area contributed by atoms with Gasteiger partial charge in [0, 0.05) is 11.5 Å². The molecule has 1 heterocycles. The van der Waals surface area contributed by atoms with Crippen LogP contribution in [0.25, 0.3) is 0 Å². The highest BCUT2D eigenvalue weighted by atomic mass is 16.5. The molecule has 1 aromatic rings. The fraction of sp³-hybridized carbons (Fsp3) is 0.625. The summed E-state index contributed by atoms with van der Waals surface area (Å²) in [5.41, 5.74) is 0.401. The van der Waals surface area contributed by atoms with Gasteiger partial charge in [-0.3, -0.25) is 0 Å². The number of hydrogen-bond donors (Lipinski definition) is 1. The maximum absolute atomic E-state index is 11.2. The average molecular weight is 295 g/mol. The quantitative estimate of drug-likeness (QED) is 0.844. The van der Waals surface area contributed by atoms with Crippen LogP contribution >= 0.6 is 0 Å². The number of aromatic nitrogens is 1. The second-order valence-corrected chi connectivity index (χ2v) is 6.94. The molecule has 5 heteroatoms. The minimum absolute atomic E-state index is 0.182. The Balaban J connectivity index is 2.82. The lowest BCUT2D eigenvalue weighted by molar-refractivity contribution is -0.0168. The lowest BCUT2D eigenvalue weighted by Gasteiger charge is -2.21. The van der Waals surface area contributed by atoms with Gasteiger partial charge in [0.15, 0.2) is 0 Å². The molecule has 0 saturated heterocycles. The summed E-state index contributed by atoms with van der Waals surface area (Å²) < 4.78 is 11.1. The van der Waals surface area contributed by atoms with E-state index in [2.05, 4.69) is 4.98 Å². The third-order valence-corrected chi connectivity index (χ3v) is 2.69. The number of carboxylic acid groups (broad SMARTS) is 1. The molecule has 0 aromatic carbocycles. The Kier molecular flexibility index (Phi) is 5.34. The summed E-state index contributed by atoms with van der Waals surface area (Å²) in [7, 11) is 0. The fourth-order valence-electron chi connectivity index (χ4n) is 1.58. The summed E-state index contributed by atoms with van der Waals surface area (Å²) in [6, 6.07) is 3.02. The molecule has 1 rings (SSSR count). The second kappa shape index (κ2) is 6.43. The molecule has 0 saturated carbocycles. The monoisotopic (exact) mass is 295 g/mol. The Bertz CT molecular complexity index is 498. The van der Waals surface area contributed by atoms with Crippen molar-refractivity contribution in [1.29, 1.82) is 0 Å². The summed E-state index contributed by atoms with van der Waals surface area (Å²) in [4.78, 5) is 15.6. The Labute approximate surface area is 126 Å². The molecular formula is C16H25NO4. The van der Waals surface area contributed by atoms with Gasteiger partial charge < -0.3 is 14.6 Å². The normalized spacial score (nSPS) is 12.3. The van der Waals surface area contributed by atoms with E-state index in [0.29, 0.717) is 24.8 Å². The van der Waals surface area contributed by atoms with Gasteiger partial charge in [0.05, 0.1) is 23.5 Å². The van der Waals surface area contributed by atoms with Gasteiger partial charge in [0.2, 0.25) is 5.88 Å². The Morgan fingerprint density at radius 3 is 2.24 bits per heavy atom. The lowest BCUT2D eigenvalue weighted by atomic mass is 9.91. The van der Waals surface area contributed by atoms with E-state index in [-0.39, 0.29) is 16.6 Å². The molecule has 0 atom stereocenters. The standard InChI is InChI=1S/C16H25NO4/c1-15(2,3)12-9-11(14(18)19)10-13(17-12)20-7-8-21-16(4,5)6/h9-10H,7-8H2,1-6H3,(H,18,19). The molecule has 1 aromatic heterocycles. The number of ether oxygens (including phenoxy) is 2. The fourth-order valence-corrected chi connectivity index (χ4v) is 1.58. The van der Waals surface area contributed by atoms with Crippen LogP contribution in [-0.4, -0.2) is 34.9 Å². The molecule has 0 radical (unpaired) electrons. The molecular weight excluding hydrogens is 270 g/mol. The SMILES string of the molecule is CC(C)(C)OCCOc1cc(C(=O)O)cc(C(C)(C)C)n1. The van der Waals surface area contributed by atoms with Crippen molar-refractivity contribution >= 4 is 5.97 Å². The topological polar surface area (TPSA) is 68.7 Å². The molecule has 118 valence electrons. The summed E-state index contributed by atoms with van der Waals surface area (Å²) in [5, 5.41) is 9.17. The van der Waals surface area contributed by atoms with E-state index in [4.69, 9.17) is 14.6 Å². The van der Waals surface area contributed by atoms with Crippen molar-refractivity contribution in [3.05, 3.63) is 23.4 Å². The number of rotatable bonds is 5. The zero-order valence-corrected chi connectivity index (χ0v) is 13.7. The maximum atomic E-state index is 11.2. The van der Waals surface area contributed by atoms with Crippen molar-refractivity contribution < 1.29 is 19.4 Å². The van der Waals surface area contributed by atoms with Crippen LogP contribution < -0.4 is 4.74 Å². The number of hydrogen-bond acceptors (Lipinski definition) is 4. The molecule has 21 heavy (non-hydrogen) atoms. The highest BCUT2D eigenvalue weighted by molar-refractivity contribution is 5.88. The van der Waals surface area contributed by atoms with Crippen LogP contribution in [0.15, 0.2) is 12.1 Å². The first kappa shape index (κ1) is 17.4. The molecule has 0 aliphatic rings. The van der Waals surface area contributed by atoms with Crippen molar-refractivity contribution in [3.63, 3.8) is 0 Å². The van der Waals surface area contributed by atoms with Crippen molar-refractivity contribution in [2.24, 2.45) is 0 Å². The minimum atomic E-state index is -0.987. The van der Waals surface area contributed by atoms with Gasteiger partial charge in [0.1, 0.15) is 6.61 Å². The molecule has 0 aliphatic carbocycles. The summed E-state index contributed by atoms with van der Waals surface area (Å²) >= 11 is 0. The third kappa shape index (κ3) is 6.12. The molecule has 0 bridgehead atoms. The van der Waals surface area contributed by atoms with Gasteiger partial charge in [-0.1, -0.05) is 20.8 Å². The molecule has 5 nitrogen and oxygen atoms in total. The Hall–Kier alpha value is -1.62. The van der Waals surface area contributed by atoms with Crippen LogP contribution in [-0.2, 0) is 10.2 Å². The summed E-state index contributed by atoms with van der Waals surface area (Å²) in [5.74, 6) is -0.670. The van der Waals surface area contributed by atoms with Gasteiger partial charge in [0.25, 0.3) is 0 Å². The first-order valence-corrected chi connectivity index (χ1v) is 7.02. The molecule has 1 N–H and O–H groups in total. The van der Waals surface area contributed by atoms with Gasteiger partial charge in [-0.15, -0.1) is 0 Å². The first-order chi connectivity index (χ1) is 9.49. The highest BCUT2D eigenvalue weighted by Crippen LogP contribution is 2.24. The highest BCUT2D eigenvalue weighted by Gasteiger charge is 2.19. The molecule has 0 aliphatic heterocycles. The number of carboxylic acids is 1. The second-order valence-electron chi connectivity index (χ2n) is 6.94. The van der Waals surface area contributed by atoms with Gasteiger partial charge in [-0.05, 0) is 26.8 Å². The van der Waals surface area contributed by atoms with Crippen LogP contribution in [0.1, 0.15) is 57.6 Å². The summed E-state index contributed by atoms with van der Waals surface area (Å²) in [6.45, 7) is 12.6. The predicted octanol–water partition coefficient (Wildman–Crippen LogP) is 3.27. The number of aromatic carboxylic acids is 1. The van der Waals surface area contributed by atoms with Crippen molar-refractivity contribution in [1.82, 2.24) is 4.98 Å². The molecule has 0 fully saturated rings. The number of carbonyl (C=O) groups is 1. The molecule has 0 amide bonds. The van der Waals surface area contributed by atoms with E-state index >= 15 is 0 Å². The van der Waals surface area contributed by atoms with E-state index in [1.807, 2.05) is 41.5 Å². The zero-order chi connectivity index (χ0) is 16.3. The largest absolute Gasteiger partial charge is 0.478 e. The van der Waals surface area contributed by atoms with Gasteiger partial charge in [-0.25, -0.2) is 9.78 Å². The minimum Gasteiger partial charge on any atom is -0.478 e. The van der Waals surface area contributed by atoms with Gasteiger partial charge in [-0.2, -0.15) is 0 Å². The molecule has 0 unspecified atom stereocenters. The van der Waals surface area contributed by atoms with Crippen LogP contribution in [0.3, 0.4) is 0 Å². The number of nitrogens with zero attached hydrogens (tertiary/aromatic N) is 1. The predicted molar refractivity (Wildman–Crippen MR) is 81.1 cm³/mol. The lowest BCUT2D eigenvalue weighted by Crippen LogP contribution is -2.23. The number of pyridine rings is 1. The van der Waals surface area contributed by atoms with Crippen LogP contribution in [0.2, 0.25) is 0 Å². The van der Waals surface area contributed by atoms with E-state index in [1.165, 1.54) is 6.07 Å². The van der Waals surface area contributed by atoms with Crippen molar-refractivity contribution in [3.8, 4) is 5.88 Å². The van der Waals surface area contributed by atoms with E-state index in [9.17, 15) is 4.79 Å². The van der Waals surface area contributed by atoms with Crippen molar-refractivity contribution in [2.75, 3.05) is 13.2 Å².